The molecule has 0 amide bonds. The summed E-state index contributed by atoms with van der Waals surface area (Å²) in [7, 11) is -4.14. The third-order valence-corrected chi connectivity index (χ3v) is 8.59. The number of nitrogens with zero attached hydrogens (tertiary/aromatic N) is 2. The molecule has 39 heavy (non-hydrogen) atoms. The number of hydrogen-bond acceptors (Lipinski definition) is 11. The van der Waals surface area contributed by atoms with Crippen LogP contribution in [0, 0.1) is 5.92 Å². The number of thiophene rings is 1. The minimum Gasteiger partial charge on any atom is -0.396 e. The van der Waals surface area contributed by atoms with Crippen LogP contribution < -0.4 is 10.5 Å². The Morgan fingerprint density at radius 3 is 2.74 bits per heavy atom. The first-order chi connectivity index (χ1) is 18.4. The van der Waals surface area contributed by atoms with E-state index in [0.717, 1.165) is 11.3 Å². The van der Waals surface area contributed by atoms with E-state index in [1.54, 1.807) is 24.3 Å². The third kappa shape index (κ3) is 6.93. The second-order valence-electron chi connectivity index (χ2n) is 9.17. The van der Waals surface area contributed by atoms with Gasteiger partial charge in [-0.15, -0.1) is 11.3 Å². The maximum atomic E-state index is 13.6. The number of ketones is 1. The molecule has 1 unspecified atom stereocenters. The van der Waals surface area contributed by atoms with Gasteiger partial charge in [0.2, 0.25) is 5.78 Å². The van der Waals surface area contributed by atoms with Crippen LogP contribution in [0.4, 0.5) is 5.82 Å². The molecule has 1 saturated carbocycles. The smallest absolute Gasteiger partial charge is 0.333 e. The molecule has 0 radical (unpaired) electrons. The van der Waals surface area contributed by atoms with E-state index in [2.05, 4.69) is 19.5 Å². The van der Waals surface area contributed by atoms with Gasteiger partial charge in [0.05, 0.1) is 23.2 Å². The van der Waals surface area contributed by atoms with Gasteiger partial charge >= 0.3 is 10.3 Å². The lowest BCUT2D eigenvalue weighted by atomic mass is 9.85. The number of carbonyl (C=O) groups excluding carboxylic acids is 1. The van der Waals surface area contributed by atoms with Crippen molar-refractivity contribution in [3.8, 4) is 0 Å². The fraction of sp³-hybridized carbons (Fsp3) is 0.375. The summed E-state index contributed by atoms with van der Waals surface area (Å²) in [5, 5.41) is 40.0. The molecule has 1 aromatic carbocycles. The van der Waals surface area contributed by atoms with Crippen LogP contribution in [0.25, 0.3) is 0 Å². The van der Waals surface area contributed by atoms with Crippen LogP contribution in [0.5, 0.6) is 0 Å². The predicted molar refractivity (Wildman–Crippen MR) is 146 cm³/mol. The van der Waals surface area contributed by atoms with Gasteiger partial charge in [-0.2, -0.15) is 8.42 Å². The highest BCUT2D eigenvalue weighted by atomic mass is 35.5. The van der Waals surface area contributed by atoms with Gasteiger partial charge in [0.15, 0.2) is 0 Å². The second-order valence-corrected chi connectivity index (χ2v) is 12.5. The largest absolute Gasteiger partial charge is 0.396 e. The van der Waals surface area contributed by atoms with Crippen LogP contribution >= 0.6 is 34.5 Å². The molecule has 2 aromatic heterocycles. The highest BCUT2D eigenvalue weighted by Crippen LogP contribution is 2.42. The van der Waals surface area contributed by atoms with Gasteiger partial charge in [0, 0.05) is 41.8 Å². The predicted octanol–water partition coefficient (Wildman–Crippen LogP) is 2.47. The molecule has 1 fully saturated rings. The molecule has 0 aliphatic heterocycles. The Labute approximate surface area is 238 Å². The minimum absolute atomic E-state index is 0.0843. The Morgan fingerprint density at radius 1 is 1.28 bits per heavy atom. The Hall–Kier alpha value is -2.20. The van der Waals surface area contributed by atoms with E-state index in [1.807, 2.05) is 0 Å². The van der Waals surface area contributed by atoms with E-state index < -0.39 is 33.7 Å². The molecule has 4 atom stereocenters. The number of benzene rings is 1. The van der Waals surface area contributed by atoms with Crippen molar-refractivity contribution in [2.75, 3.05) is 18.5 Å². The molecular formula is C24H26Cl2N4O7S2. The van der Waals surface area contributed by atoms with Crippen LogP contribution in [0.15, 0.2) is 42.9 Å². The first-order valence-electron chi connectivity index (χ1n) is 11.8. The lowest BCUT2D eigenvalue weighted by Gasteiger charge is -2.28. The summed E-state index contributed by atoms with van der Waals surface area (Å²) in [5.74, 6) is -0.732. The van der Waals surface area contributed by atoms with Crippen molar-refractivity contribution in [2.45, 2.75) is 37.0 Å². The van der Waals surface area contributed by atoms with Crippen molar-refractivity contribution in [1.29, 1.82) is 0 Å². The molecule has 210 valence electrons. The summed E-state index contributed by atoms with van der Waals surface area (Å²) < 4.78 is 27.0. The first kappa shape index (κ1) is 29.8. The van der Waals surface area contributed by atoms with E-state index in [9.17, 15) is 28.5 Å². The highest BCUT2D eigenvalue weighted by molar-refractivity contribution is 7.84. The van der Waals surface area contributed by atoms with Gasteiger partial charge < -0.3 is 20.6 Å². The molecule has 2 heterocycles. The summed E-state index contributed by atoms with van der Waals surface area (Å²) in [4.78, 5) is 21.9. The molecule has 6 N–H and O–H groups in total. The van der Waals surface area contributed by atoms with Crippen molar-refractivity contribution >= 4 is 56.4 Å². The van der Waals surface area contributed by atoms with Gasteiger partial charge in [0.1, 0.15) is 22.1 Å². The maximum absolute atomic E-state index is 13.6. The number of carbonyl (C=O) groups is 1. The maximum Gasteiger partial charge on any atom is 0.333 e. The number of aliphatic hydroxyl groups excluding tert-OH is 2. The average Bonchev–Trinajstić information content (AvgIpc) is 3.44. The van der Waals surface area contributed by atoms with Crippen molar-refractivity contribution in [3.05, 3.63) is 73.8 Å². The fourth-order valence-corrected chi connectivity index (χ4v) is 6.55. The summed E-state index contributed by atoms with van der Waals surface area (Å²) in [6, 6.07) is 7.67. The van der Waals surface area contributed by atoms with Crippen LogP contribution in [0.2, 0.25) is 9.36 Å². The Balaban J connectivity index is 1.58. The molecule has 0 spiro atoms. The molecule has 0 bridgehead atoms. The summed E-state index contributed by atoms with van der Waals surface area (Å²) in [6.07, 6.45) is 2.28. The standard InChI is InChI=1S/C24H26Cl2N4O7S2/c25-15-3-1-2-14(7-15)24(34,4-5-31)18-9-20(38-22(18)26)21(33)17-10-28-12-29-23(17)30-16-6-13(19(32)8-16)11-37-39(27,35)36/h1-3,7,9-10,12-13,16,19,31-32,34H,4-6,8,11H2,(H2,27,35,36)(H,28,29,30)/t13-,16-,19+,24?/m1/s1. The quantitative estimate of drug-likeness (QED) is 0.200. The number of hydrogen-bond donors (Lipinski definition) is 5. The molecule has 1 aliphatic rings. The zero-order chi connectivity index (χ0) is 28.4. The Kier molecular flexibility index (Phi) is 9.26. The number of anilines is 1. The number of aromatic nitrogens is 2. The molecule has 4 rings (SSSR count). The van der Waals surface area contributed by atoms with E-state index in [4.69, 9.17) is 28.3 Å². The molecule has 11 nitrogen and oxygen atoms in total. The van der Waals surface area contributed by atoms with Crippen molar-refractivity contribution in [2.24, 2.45) is 11.1 Å². The second kappa shape index (κ2) is 12.1. The molecule has 15 heteroatoms. The minimum atomic E-state index is -4.14. The van der Waals surface area contributed by atoms with E-state index in [-0.39, 0.29) is 58.3 Å². The number of nitrogens with one attached hydrogen (secondary N) is 1. The molecule has 3 aromatic rings. The van der Waals surface area contributed by atoms with E-state index >= 15 is 0 Å². The van der Waals surface area contributed by atoms with Crippen LogP contribution in [-0.4, -0.2) is 64.8 Å². The number of nitrogens with two attached hydrogens (primary N) is 1. The van der Waals surface area contributed by atoms with Crippen molar-refractivity contribution in [3.63, 3.8) is 0 Å². The lowest BCUT2D eigenvalue weighted by Crippen LogP contribution is -2.28. The van der Waals surface area contributed by atoms with E-state index in [1.165, 1.54) is 18.6 Å². The van der Waals surface area contributed by atoms with Gasteiger partial charge in [-0.3, -0.25) is 8.98 Å². The lowest BCUT2D eigenvalue weighted by molar-refractivity contribution is 0.0514. The van der Waals surface area contributed by atoms with Crippen molar-refractivity contribution in [1.82, 2.24) is 9.97 Å². The van der Waals surface area contributed by atoms with Gasteiger partial charge in [-0.1, -0.05) is 35.3 Å². The summed E-state index contributed by atoms with van der Waals surface area (Å²) in [6.45, 7) is -0.622. The average molecular weight is 618 g/mol. The van der Waals surface area contributed by atoms with Crippen molar-refractivity contribution < 1.29 is 32.7 Å². The van der Waals surface area contributed by atoms with Crippen LogP contribution in [0.1, 0.15) is 45.6 Å². The summed E-state index contributed by atoms with van der Waals surface area (Å²) in [5.41, 5.74) is -0.909. The van der Waals surface area contributed by atoms with Crippen LogP contribution in [-0.2, 0) is 20.1 Å². The highest BCUT2D eigenvalue weighted by Gasteiger charge is 2.37. The zero-order valence-electron chi connectivity index (χ0n) is 20.3. The fourth-order valence-electron chi connectivity index (χ4n) is 4.62. The zero-order valence-corrected chi connectivity index (χ0v) is 23.5. The Bertz CT molecular complexity index is 1460. The number of aliphatic hydroxyl groups is 3. The normalized spacial score (nSPS) is 21.0. The van der Waals surface area contributed by atoms with Gasteiger partial charge in [0.25, 0.3) is 0 Å². The molecule has 0 saturated heterocycles. The SMILES string of the molecule is NS(=O)(=O)OC[C@H]1C[C@@H](Nc2ncncc2C(=O)c2cc(C(O)(CCO)c3cccc(Cl)c3)c(Cl)s2)C[C@@H]1O. The third-order valence-electron chi connectivity index (χ3n) is 6.53. The van der Waals surface area contributed by atoms with E-state index in [0.29, 0.717) is 17.0 Å². The van der Waals surface area contributed by atoms with Crippen LogP contribution in [0.3, 0.4) is 0 Å². The number of rotatable bonds is 11. The van der Waals surface area contributed by atoms with Gasteiger partial charge in [-0.25, -0.2) is 15.1 Å². The monoisotopic (exact) mass is 616 g/mol. The number of halogens is 2. The molecule has 1 aliphatic carbocycles. The summed E-state index contributed by atoms with van der Waals surface area (Å²) >= 11 is 13.6. The van der Waals surface area contributed by atoms with Gasteiger partial charge in [-0.05, 0) is 36.6 Å². The first-order valence-corrected chi connectivity index (χ1v) is 14.8. The topological polar surface area (TPSA) is 185 Å². The molecular weight excluding hydrogens is 591 g/mol. The Morgan fingerprint density at radius 2 is 2.05 bits per heavy atom.